The fraction of sp³-hybridized carbons (Fsp3) is 0.556. The molecular formula is C18H27NO2. The second-order valence-electron chi connectivity index (χ2n) is 5.83. The molecule has 0 aliphatic rings. The Morgan fingerprint density at radius 3 is 2.62 bits per heavy atom. The average molecular weight is 289 g/mol. The lowest BCUT2D eigenvalue weighted by atomic mass is 10.0. The van der Waals surface area contributed by atoms with Crippen LogP contribution in [0.3, 0.4) is 0 Å². The molecule has 1 rings (SSSR count). The van der Waals surface area contributed by atoms with Gasteiger partial charge in [-0.15, -0.1) is 6.42 Å². The Morgan fingerprint density at radius 1 is 1.33 bits per heavy atom. The summed E-state index contributed by atoms with van der Waals surface area (Å²) in [7, 11) is 0. The summed E-state index contributed by atoms with van der Waals surface area (Å²) in [5.41, 5.74) is 3.86. The van der Waals surface area contributed by atoms with Crippen molar-refractivity contribution in [3.63, 3.8) is 0 Å². The van der Waals surface area contributed by atoms with E-state index >= 15 is 0 Å². The molecule has 0 aliphatic carbocycles. The number of rotatable bonds is 8. The Morgan fingerprint density at radius 2 is 2.05 bits per heavy atom. The lowest BCUT2D eigenvalue weighted by Crippen LogP contribution is -2.39. The molecular weight excluding hydrogens is 262 g/mol. The Balaban J connectivity index is 2.63. The minimum Gasteiger partial charge on any atom is -0.389 e. The molecule has 0 bridgehead atoms. The number of nitrogens with zero attached hydrogens (tertiary/aromatic N) is 1. The van der Waals surface area contributed by atoms with E-state index in [1.54, 1.807) is 0 Å². The normalized spacial score (nSPS) is 12.7. The minimum absolute atomic E-state index is 0.246. The second-order valence-corrected chi connectivity index (χ2v) is 5.83. The van der Waals surface area contributed by atoms with Crippen LogP contribution in [0.4, 0.5) is 0 Å². The van der Waals surface area contributed by atoms with Gasteiger partial charge in [-0.3, -0.25) is 4.90 Å². The molecule has 0 spiro atoms. The van der Waals surface area contributed by atoms with Crippen molar-refractivity contribution in [2.24, 2.45) is 0 Å². The van der Waals surface area contributed by atoms with Gasteiger partial charge in [0.1, 0.15) is 6.61 Å². The highest BCUT2D eigenvalue weighted by molar-refractivity contribution is 5.30. The summed E-state index contributed by atoms with van der Waals surface area (Å²) in [6.45, 7) is 10.4. The van der Waals surface area contributed by atoms with E-state index in [1.165, 1.54) is 16.7 Å². The van der Waals surface area contributed by atoms with Crippen molar-refractivity contribution in [1.82, 2.24) is 4.90 Å². The molecule has 1 aromatic rings. The van der Waals surface area contributed by atoms with E-state index in [-0.39, 0.29) is 13.2 Å². The Bertz CT molecular complexity index is 477. The van der Waals surface area contributed by atoms with E-state index in [0.29, 0.717) is 12.6 Å². The maximum atomic E-state index is 10.1. The minimum atomic E-state index is -0.522. The summed E-state index contributed by atoms with van der Waals surface area (Å²) >= 11 is 0. The van der Waals surface area contributed by atoms with Gasteiger partial charge in [0.05, 0.1) is 12.7 Å². The standard InChI is InChI=1S/C18H27NO2/c1-6-9-21-13-18(20)12-19(14(2)3)11-17-8-7-15(4)10-16(17)5/h1,7-8,10,14,18,20H,9,11-13H2,2-5H3/t18-/m1/s1. The zero-order chi connectivity index (χ0) is 15.8. The summed E-state index contributed by atoms with van der Waals surface area (Å²) in [5.74, 6) is 2.40. The maximum Gasteiger partial charge on any atom is 0.107 e. The Hall–Kier alpha value is -1.34. The first-order valence-corrected chi connectivity index (χ1v) is 7.43. The summed E-state index contributed by atoms with van der Waals surface area (Å²) in [4.78, 5) is 2.25. The van der Waals surface area contributed by atoms with Crippen molar-refractivity contribution in [1.29, 1.82) is 0 Å². The number of aliphatic hydroxyl groups is 1. The van der Waals surface area contributed by atoms with Gasteiger partial charge in [0, 0.05) is 19.1 Å². The van der Waals surface area contributed by atoms with Gasteiger partial charge >= 0.3 is 0 Å². The first-order valence-electron chi connectivity index (χ1n) is 7.43. The van der Waals surface area contributed by atoms with Gasteiger partial charge in [0.25, 0.3) is 0 Å². The third-order valence-corrected chi connectivity index (χ3v) is 3.54. The third kappa shape index (κ3) is 6.31. The molecule has 0 fully saturated rings. The van der Waals surface area contributed by atoms with Gasteiger partial charge in [-0.2, -0.15) is 0 Å². The Kier molecular flexibility index (Phi) is 7.45. The molecule has 0 amide bonds. The lowest BCUT2D eigenvalue weighted by Gasteiger charge is -2.29. The number of hydrogen-bond donors (Lipinski definition) is 1. The van der Waals surface area contributed by atoms with Gasteiger partial charge in [0.2, 0.25) is 0 Å². The van der Waals surface area contributed by atoms with Gasteiger partial charge in [-0.25, -0.2) is 0 Å². The SMILES string of the molecule is C#CCOC[C@H](O)CN(Cc1ccc(C)cc1C)C(C)C. The summed E-state index contributed by atoms with van der Waals surface area (Å²) in [5, 5.41) is 10.1. The monoisotopic (exact) mass is 289 g/mol. The molecule has 0 saturated carbocycles. The first kappa shape index (κ1) is 17.7. The van der Waals surface area contributed by atoms with Crippen molar-refractivity contribution < 1.29 is 9.84 Å². The van der Waals surface area contributed by atoms with E-state index in [2.05, 4.69) is 56.7 Å². The quantitative estimate of drug-likeness (QED) is 0.589. The topological polar surface area (TPSA) is 32.7 Å². The van der Waals surface area contributed by atoms with Crippen LogP contribution in [0.1, 0.15) is 30.5 Å². The predicted molar refractivity (Wildman–Crippen MR) is 87.1 cm³/mol. The van der Waals surface area contributed by atoms with Crippen LogP contribution in [0.2, 0.25) is 0 Å². The van der Waals surface area contributed by atoms with Crippen LogP contribution in [0, 0.1) is 26.2 Å². The molecule has 21 heavy (non-hydrogen) atoms. The summed E-state index contributed by atoms with van der Waals surface area (Å²) in [6.07, 6.45) is 4.61. The highest BCUT2D eigenvalue weighted by Crippen LogP contribution is 2.15. The highest BCUT2D eigenvalue weighted by atomic mass is 16.5. The fourth-order valence-electron chi connectivity index (χ4n) is 2.28. The first-order chi connectivity index (χ1) is 9.93. The van der Waals surface area contributed by atoms with E-state index in [0.717, 1.165) is 6.54 Å². The number of terminal acetylenes is 1. The summed E-state index contributed by atoms with van der Waals surface area (Å²) < 4.78 is 5.20. The van der Waals surface area contributed by atoms with Crippen LogP contribution < -0.4 is 0 Å². The maximum absolute atomic E-state index is 10.1. The molecule has 0 heterocycles. The number of aryl methyl sites for hydroxylation is 2. The van der Waals surface area contributed by atoms with Gasteiger partial charge in [-0.1, -0.05) is 29.7 Å². The Labute approximate surface area is 128 Å². The van der Waals surface area contributed by atoms with E-state index in [1.807, 2.05) is 0 Å². The lowest BCUT2D eigenvalue weighted by molar-refractivity contribution is 0.0191. The van der Waals surface area contributed by atoms with Crippen LogP contribution in [0.25, 0.3) is 0 Å². The highest BCUT2D eigenvalue weighted by Gasteiger charge is 2.16. The number of hydrogen-bond acceptors (Lipinski definition) is 3. The van der Waals surface area contributed by atoms with Crippen molar-refractivity contribution >= 4 is 0 Å². The average Bonchev–Trinajstić information content (AvgIpc) is 2.41. The second kappa shape index (κ2) is 8.84. The number of aliphatic hydroxyl groups excluding tert-OH is 1. The van der Waals surface area contributed by atoms with Crippen molar-refractivity contribution in [2.75, 3.05) is 19.8 Å². The molecule has 1 aromatic carbocycles. The van der Waals surface area contributed by atoms with E-state index < -0.39 is 6.10 Å². The molecule has 3 heteroatoms. The fourth-order valence-corrected chi connectivity index (χ4v) is 2.28. The van der Waals surface area contributed by atoms with Crippen molar-refractivity contribution in [2.45, 2.75) is 46.4 Å². The molecule has 3 nitrogen and oxygen atoms in total. The summed E-state index contributed by atoms with van der Waals surface area (Å²) in [6, 6.07) is 6.85. The van der Waals surface area contributed by atoms with Crippen LogP contribution in [0.5, 0.6) is 0 Å². The van der Waals surface area contributed by atoms with Crippen LogP contribution >= 0.6 is 0 Å². The van der Waals surface area contributed by atoms with Crippen molar-refractivity contribution in [3.8, 4) is 12.3 Å². The van der Waals surface area contributed by atoms with E-state index in [4.69, 9.17) is 11.2 Å². The van der Waals surface area contributed by atoms with Crippen LogP contribution in [-0.2, 0) is 11.3 Å². The van der Waals surface area contributed by atoms with Gasteiger partial charge < -0.3 is 9.84 Å². The number of benzene rings is 1. The zero-order valence-electron chi connectivity index (χ0n) is 13.6. The molecule has 1 N–H and O–H groups in total. The van der Waals surface area contributed by atoms with Crippen LogP contribution in [-0.4, -0.2) is 41.9 Å². The largest absolute Gasteiger partial charge is 0.389 e. The molecule has 0 aromatic heterocycles. The third-order valence-electron chi connectivity index (χ3n) is 3.54. The molecule has 116 valence electrons. The molecule has 1 atom stereocenters. The van der Waals surface area contributed by atoms with E-state index in [9.17, 15) is 5.11 Å². The predicted octanol–water partition coefficient (Wildman–Crippen LogP) is 2.52. The molecule has 0 aliphatic heterocycles. The van der Waals surface area contributed by atoms with Crippen molar-refractivity contribution in [3.05, 3.63) is 34.9 Å². The van der Waals surface area contributed by atoms with Gasteiger partial charge in [0.15, 0.2) is 0 Å². The smallest absolute Gasteiger partial charge is 0.107 e. The molecule has 0 saturated heterocycles. The van der Waals surface area contributed by atoms with Crippen LogP contribution in [0.15, 0.2) is 18.2 Å². The number of ether oxygens (including phenoxy) is 1. The van der Waals surface area contributed by atoms with Gasteiger partial charge in [-0.05, 0) is 38.8 Å². The zero-order valence-corrected chi connectivity index (χ0v) is 13.6. The molecule has 0 unspecified atom stereocenters. The molecule has 0 radical (unpaired) electrons.